The molecule has 0 bridgehead atoms. The standard InChI is InChI=1S/C12H12N2O/c1-14-10-5-3-2-4-8(10)9-6-7-13-12(15)11(9)14/h2-7,9,11H,1H3,(H,13,15). The number of nitrogens with one attached hydrogen (secondary N) is 1. The minimum absolute atomic E-state index is 0.0765. The first-order valence-electron chi connectivity index (χ1n) is 5.08. The van der Waals surface area contributed by atoms with Crippen molar-refractivity contribution in [2.45, 2.75) is 12.0 Å². The van der Waals surface area contributed by atoms with Crippen molar-refractivity contribution in [3.05, 3.63) is 42.1 Å². The first-order chi connectivity index (χ1) is 7.29. The number of amides is 1. The van der Waals surface area contributed by atoms with E-state index in [0.29, 0.717) is 0 Å². The predicted molar refractivity (Wildman–Crippen MR) is 58.7 cm³/mol. The van der Waals surface area contributed by atoms with Crippen molar-refractivity contribution in [1.29, 1.82) is 0 Å². The van der Waals surface area contributed by atoms with Crippen LogP contribution in [-0.2, 0) is 4.79 Å². The van der Waals surface area contributed by atoms with E-state index < -0.39 is 0 Å². The summed E-state index contributed by atoms with van der Waals surface area (Å²) in [5, 5.41) is 2.76. The Morgan fingerprint density at radius 3 is 3.00 bits per heavy atom. The summed E-state index contributed by atoms with van der Waals surface area (Å²) in [4.78, 5) is 13.8. The molecule has 0 fully saturated rings. The molecule has 1 N–H and O–H groups in total. The van der Waals surface area contributed by atoms with Gasteiger partial charge >= 0.3 is 0 Å². The van der Waals surface area contributed by atoms with Gasteiger partial charge in [0.2, 0.25) is 5.91 Å². The van der Waals surface area contributed by atoms with E-state index in [-0.39, 0.29) is 17.9 Å². The summed E-state index contributed by atoms with van der Waals surface area (Å²) in [5.74, 6) is 0.293. The third-order valence-electron chi connectivity index (χ3n) is 3.23. The molecule has 0 radical (unpaired) electrons. The van der Waals surface area contributed by atoms with E-state index in [2.05, 4.69) is 28.4 Å². The number of carbonyl (C=O) groups excluding carboxylic acids is 1. The summed E-state index contributed by atoms with van der Waals surface area (Å²) in [6, 6.07) is 8.12. The molecule has 0 aliphatic carbocycles. The zero-order chi connectivity index (χ0) is 10.4. The highest BCUT2D eigenvalue weighted by atomic mass is 16.2. The Balaban J connectivity index is 2.17. The molecule has 1 aromatic carbocycles. The maximum Gasteiger partial charge on any atom is 0.247 e. The molecule has 0 saturated carbocycles. The second kappa shape index (κ2) is 2.86. The van der Waals surface area contributed by atoms with Crippen molar-refractivity contribution < 1.29 is 4.79 Å². The molecule has 15 heavy (non-hydrogen) atoms. The molecule has 1 aromatic rings. The van der Waals surface area contributed by atoms with Crippen molar-refractivity contribution in [2.24, 2.45) is 0 Å². The Labute approximate surface area is 88.4 Å². The van der Waals surface area contributed by atoms with Crippen LogP contribution in [0.15, 0.2) is 36.5 Å². The fraction of sp³-hybridized carbons (Fsp3) is 0.250. The Kier molecular flexibility index (Phi) is 1.63. The van der Waals surface area contributed by atoms with Crippen LogP contribution in [0.4, 0.5) is 5.69 Å². The Bertz CT molecular complexity index is 453. The molecular formula is C12H12N2O. The van der Waals surface area contributed by atoms with Gasteiger partial charge in [0.1, 0.15) is 6.04 Å². The number of anilines is 1. The van der Waals surface area contributed by atoms with Gasteiger partial charge < -0.3 is 10.2 Å². The lowest BCUT2D eigenvalue weighted by molar-refractivity contribution is -0.121. The van der Waals surface area contributed by atoms with Crippen molar-refractivity contribution in [3.8, 4) is 0 Å². The molecule has 0 aromatic heterocycles. The number of likely N-dealkylation sites (N-methyl/N-ethyl adjacent to an activating group) is 1. The maximum atomic E-state index is 11.8. The predicted octanol–water partition coefficient (Wildman–Crippen LogP) is 1.23. The number of para-hydroxylation sites is 1. The topological polar surface area (TPSA) is 32.3 Å². The van der Waals surface area contributed by atoms with Crippen LogP contribution >= 0.6 is 0 Å². The lowest BCUT2D eigenvalue weighted by Gasteiger charge is -2.26. The maximum absolute atomic E-state index is 11.8. The van der Waals surface area contributed by atoms with Gasteiger partial charge in [0.25, 0.3) is 0 Å². The van der Waals surface area contributed by atoms with Crippen LogP contribution in [0, 0.1) is 0 Å². The molecule has 76 valence electrons. The third kappa shape index (κ3) is 1.03. The van der Waals surface area contributed by atoms with Crippen LogP contribution < -0.4 is 10.2 Å². The smallest absolute Gasteiger partial charge is 0.247 e. The Morgan fingerprint density at radius 1 is 1.33 bits per heavy atom. The van der Waals surface area contributed by atoms with E-state index in [9.17, 15) is 4.79 Å². The largest absolute Gasteiger partial charge is 0.362 e. The lowest BCUT2D eigenvalue weighted by Crippen LogP contribution is -2.45. The minimum atomic E-state index is -0.0765. The monoisotopic (exact) mass is 200 g/mol. The van der Waals surface area contributed by atoms with Gasteiger partial charge in [-0.3, -0.25) is 4.79 Å². The second-order valence-electron chi connectivity index (χ2n) is 4.01. The number of hydrogen-bond acceptors (Lipinski definition) is 2. The van der Waals surface area contributed by atoms with Crippen LogP contribution in [0.3, 0.4) is 0 Å². The first-order valence-corrected chi connectivity index (χ1v) is 5.08. The van der Waals surface area contributed by atoms with Gasteiger partial charge in [-0.25, -0.2) is 0 Å². The van der Waals surface area contributed by atoms with E-state index in [4.69, 9.17) is 0 Å². The van der Waals surface area contributed by atoms with Gasteiger partial charge in [-0.15, -0.1) is 0 Å². The van der Waals surface area contributed by atoms with Crippen molar-refractivity contribution >= 4 is 11.6 Å². The van der Waals surface area contributed by atoms with E-state index in [1.807, 2.05) is 19.2 Å². The molecule has 3 nitrogen and oxygen atoms in total. The van der Waals surface area contributed by atoms with Gasteiger partial charge in [0.15, 0.2) is 0 Å². The normalized spacial score (nSPS) is 27.3. The molecule has 2 atom stereocenters. The van der Waals surface area contributed by atoms with Crippen LogP contribution in [0.25, 0.3) is 0 Å². The number of carbonyl (C=O) groups is 1. The Morgan fingerprint density at radius 2 is 2.13 bits per heavy atom. The van der Waals surface area contributed by atoms with Gasteiger partial charge in [-0.1, -0.05) is 24.3 Å². The molecular weight excluding hydrogens is 188 g/mol. The number of fused-ring (bicyclic) bond motifs is 3. The van der Waals surface area contributed by atoms with E-state index >= 15 is 0 Å². The molecule has 1 amide bonds. The molecule has 2 aliphatic heterocycles. The fourth-order valence-electron chi connectivity index (χ4n) is 2.52. The number of hydrogen-bond donors (Lipinski definition) is 1. The average Bonchev–Trinajstić information content (AvgIpc) is 2.55. The molecule has 0 spiro atoms. The second-order valence-corrected chi connectivity index (χ2v) is 4.01. The van der Waals surface area contributed by atoms with Gasteiger partial charge in [-0.05, 0) is 11.6 Å². The highest BCUT2D eigenvalue weighted by molar-refractivity contribution is 5.91. The number of nitrogens with zero attached hydrogens (tertiary/aromatic N) is 1. The zero-order valence-electron chi connectivity index (χ0n) is 8.47. The quantitative estimate of drug-likeness (QED) is 0.683. The van der Waals surface area contributed by atoms with E-state index in [1.165, 1.54) is 5.56 Å². The van der Waals surface area contributed by atoms with Gasteiger partial charge in [0.05, 0.1) is 0 Å². The van der Waals surface area contributed by atoms with Crippen LogP contribution in [0.2, 0.25) is 0 Å². The highest BCUT2D eigenvalue weighted by Gasteiger charge is 2.40. The minimum Gasteiger partial charge on any atom is -0.362 e. The molecule has 2 unspecified atom stereocenters. The first kappa shape index (κ1) is 8.53. The molecule has 3 rings (SSSR count). The van der Waals surface area contributed by atoms with Crippen LogP contribution in [-0.4, -0.2) is 19.0 Å². The van der Waals surface area contributed by atoms with Crippen molar-refractivity contribution in [3.63, 3.8) is 0 Å². The summed E-state index contributed by atoms with van der Waals surface area (Å²) in [6.07, 6.45) is 3.81. The number of benzene rings is 1. The van der Waals surface area contributed by atoms with Gasteiger partial charge in [0, 0.05) is 24.9 Å². The van der Waals surface area contributed by atoms with Gasteiger partial charge in [-0.2, -0.15) is 0 Å². The molecule has 0 saturated heterocycles. The Hall–Kier alpha value is -1.77. The summed E-state index contributed by atoms with van der Waals surface area (Å²) in [7, 11) is 1.97. The highest BCUT2D eigenvalue weighted by Crippen LogP contribution is 2.41. The number of rotatable bonds is 0. The van der Waals surface area contributed by atoms with Crippen molar-refractivity contribution in [2.75, 3.05) is 11.9 Å². The summed E-state index contributed by atoms with van der Waals surface area (Å²) >= 11 is 0. The van der Waals surface area contributed by atoms with Crippen LogP contribution in [0.1, 0.15) is 11.5 Å². The molecule has 3 heteroatoms. The summed E-state index contributed by atoms with van der Waals surface area (Å²) in [5.41, 5.74) is 2.41. The average molecular weight is 200 g/mol. The summed E-state index contributed by atoms with van der Waals surface area (Å²) < 4.78 is 0. The fourth-order valence-corrected chi connectivity index (χ4v) is 2.52. The molecule has 2 heterocycles. The van der Waals surface area contributed by atoms with E-state index in [0.717, 1.165) is 5.69 Å². The SMILES string of the molecule is CN1c2ccccc2C2C=CNC(=O)C21. The molecule has 2 aliphatic rings. The third-order valence-corrected chi connectivity index (χ3v) is 3.23. The van der Waals surface area contributed by atoms with E-state index in [1.54, 1.807) is 6.20 Å². The zero-order valence-corrected chi connectivity index (χ0v) is 8.47. The lowest BCUT2D eigenvalue weighted by atomic mass is 9.93. The van der Waals surface area contributed by atoms with Crippen LogP contribution in [0.5, 0.6) is 0 Å². The summed E-state index contributed by atoms with van der Waals surface area (Å²) in [6.45, 7) is 0. The van der Waals surface area contributed by atoms with Crippen molar-refractivity contribution in [1.82, 2.24) is 5.32 Å².